The van der Waals surface area contributed by atoms with Crippen molar-refractivity contribution < 1.29 is 0 Å². The average Bonchev–Trinajstić information content (AvgIpc) is 2.29. The molecule has 0 saturated heterocycles. The van der Waals surface area contributed by atoms with Gasteiger partial charge in [0, 0.05) is 12.2 Å². The molecular weight excluding hydrogens is 220 g/mol. The Labute approximate surface area is 103 Å². The van der Waals surface area contributed by atoms with Crippen molar-refractivity contribution in [1.82, 2.24) is 10.3 Å². The van der Waals surface area contributed by atoms with Crippen molar-refractivity contribution >= 4 is 11.6 Å². The molecule has 16 heavy (non-hydrogen) atoms. The third-order valence-electron chi connectivity index (χ3n) is 2.50. The van der Waals surface area contributed by atoms with E-state index >= 15 is 0 Å². The summed E-state index contributed by atoms with van der Waals surface area (Å²) >= 11 is 5.72. The van der Waals surface area contributed by atoms with Crippen LogP contribution in [0.5, 0.6) is 0 Å². The number of hydrogen-bond donors (Lipinski definition) is 1. The zero-order valence-electron chi connectivity index (χ0n) is 9.75. The standard InChI is InChI=1S/C13H19ClN2/c1-3-4-5-11(2)15-9-8-12-6-7-13(14)16-10-12/h3,6-7,10-11,15H,1,4-5,8-9H2,2H3. The van der Waals surface area contributed by atoms with Crippen molar-refractivity contribution in [2.75, 3.05) is 6.54 Å². The highest BCUT2D eigenvalue weighted by molar-refractivity contribution is 6.29. The largest absolute Gasteiger partial charge is 0.314 e. The zero-order chi connectivity index (χ0) is 11.8. The zero-order valence-corrected chi connectivity index (χ0v) is 10.5. The first-order valence-corrected chi connectivity index (χ1v) is 6.05. The summed E-state index contributed by atoms with van der Waals surface area (Å²) in [6, 6.07) is 4.39. The molecule has 0 radical (unpaired) electrons. The molecule has 0 aliphatic rings. The van der Waals surface area contributed by atoms with E-state index in [0.717, 1.165) is 25.8 Å². The maximum atomic E-state index is 5.72. The van der Waals surface area contributed by atoms with Crippen molar-refractivity contribution in [3.05, 3.63) is 41.7 Å². The van der Waals surface area contributed by atoms with Crippen LogP contribution in [0.1, 0.15) is 25.3 Å². The van der Waals surface area contributed by atoms with Gasteiger partial charge in [0.05, 0.1) is 0 Å². The normalized spacial score (nSPS) is 12.4. The highest BCUT2D eigenvalue weighted by Crippen LogP contribution is 2.05. The molecule has 0 bridgehead atoms. The Kier molecular flexibility index (Phi) is 6.12. The van der Waals surface area contributed by atoms with Crippen LogP contribution in [0.4, 0.5) is 0 Å². The first-order chi connectivity index (χ1) is 7.72. The maximum Gasteiger partial charge on any atom is 0.129 e. The van der Waals surface area contributed by atoms with E-state index in [1.165, 1.54) is 5.56 Å². The van der Waals surface area contributed by atoms with Crippen LogP contribution in [0, 0.1) is 0 Å². The van der Waals surface area contributed by atoms with Crippen molar-refractivity contribution in [1.29, 1.82) is 0 Å². The number of nitrogens with one attached hydrogen (secondary N) is 1. The van der Waals surface area contributed by atoms with Gasteiger partial charge in [0.25, 0.3) is 0 Å². The van der Waals surface area contributed by atoms with Crippen LogP contribution in [0.2, 0.25) is 5.15 Å². The Morgan fingerprint density at radius 3 is 3.00 bits per heavy atom. The molecular formula is C13H19ClN2. The molecule has 0 aromatic carbocycles. The fourth-order valence-electron chi connectivity index (χ4n) is 1.49. The molecule has 0 amide bonds. The van der Waals surface area contributed by atoms with Gasteiger partial charge in [-0.2, -0.15) is 0 Å². The molecule has 1 rings (SSSR count). The number of rotatable bonds is 7. The Balaban J connectivity index is 2.19. The molecule has 1 aromatic heterocycles. The number of nitrogens with zero attached hydrogens (tertiary/aromatic N) is 1. The second-order valence-corrected chi connectivity index (χ2v) is 4.35. The van der Waals surface area contributed by atoms with Gasteiger partial charge < -0.3 is 5.32 Å². The summed E-state index contributed by atoms with van der Waals surface area (Å²) < 4.78 is 0. The van der Waals surface area contributed by atoms with Gasteiger partial charge in [-0.05, 0) is 44.4 Å². The molecule has 88 valence electrons. The van der Waals surface area contributed by atoms with Gasteiger partial charge >= 0.3 is 0 Å². The lowest BCUT2D eigenvalue weighted by molar-refractivity contribution is 0.521. The Morgan fingerprint density at radius 2 is 2.38 bits per heavy atom. The average molecular weight is 239 g/mol. The number of halogens is 1. The van der Waals surface area contributed by atoms with Gasteiger partial charge in [0.15, 0.2) is 0 Å². The van der Waals surface area contributed by atoms with Crippen molar-refractivity contribution in [2.45, 2.75) is 32.2 Å². The lowest BCUT2D eigenvalue weighted by Gasteiger charge is -2.12. The molecule has 0 spiro atoms. The highest BCUT2D eigenvalue weighted by Gasteiger charge is 1.99. The molecule has 0 aliphatic carbocycles. The number of hydrogen-bond acceptors (Lipinski definition) is 2. The molecule has 0 saturated carbocycles. The van der Waals surface area contributed by atoms with Crippen LogP contribution >= 0.6 is 11.6 Å². The number of allylic oxidation sites excluding steroid dienone is 1. The SMILES string of the molecule is C=CCCC(C)NCCc1ccc(Cl)nc1. The number of aromatic nitrogens is 1. The molecule has 1 atom stereocenters. The lowest BCUT2D eigenvalue weighted by Crippen LogP contribution is -2.27. The van der Waals surface area contributed by atoms with Gasteiger partial charge in [-0.1, -0.05) is 23.7 Å². The summed E-state index contributed by atoms with van der Waals surface area (Å²) in [7, 11) is 0. The highest BCUT2D eigenvalue weighted by atomic mass is 35.5. The van der Waals surface area contributed by atoms with E-state index in [2.05, 4.69) is 23.8 Å². The van der Waals surface area contributed by atoms with E-state index in [-0.39, 0.29) is 0 Å². The van der Waals surface area contributed by atoms with E-state index in [0.29, 0.717) is 11.2 Å². The molecule has 1 aromatic rings. The second kappa shape index (κ2) is 7.42. The number of pyridine rings is 1. The van der Waals surface area contributed by atoms with Gasteiger partial charge in [-0.25, -0.2) is 4.98 Å². The van der Waals surface area contributed by atoms with E-state index in [9.17, 15) is 0 Å². The fraction of sp³-hybridized carbons (Fsp3) is 0.462. The summed E-state index contributed by atoms with van der Waals surface area (Å²) in [5, 5.41) is 4.02. The smallest absolute Gasteiger partial charge is 0.129 e. The van der Waals surface area contributed by atoms with Crippen LogP contribution in [0.3, 0.4) is 0 Å². The molecule has 1 N–H and O–H groups in total. The van der Waals surface area contributed by atoms with Crippen LogP contribution < -0.4 is 5.32 Å². The topological polar surface area (TPSA) is 24.9 Å². The minimum atomic E-state index is 0.540. The van der Waals surface area contributed by atoms with Gasteiger partial charge in [-0.15, -0.1) is 6.58 Å². The first kappa shape index (κ1) is 13.2. The minimum absolute atomic E-state index is 0.540. The van der Waals surface area contributed by atoms with Gasteiger partial charge in [0.1, 0.15) is 5.15 Å². The van der Waals surface area contributed by atoms with E-state index < -0.39 is 0 Å². The van der Waals surface area contributed by atoms with E-state index in [1.54, 1.807) is 0 Å². The van der Waals surface area contributed by atoms with Crippen molar-refractivity contribution in [3.63, 3.8) is 0 Å². The van der Waals surface area contributed by atoms with Crippen molar-refractivity contribution in [3.8, 4) is 0 Å². The summed E-state index contributed by atoms with van der Waals surface area (Å²) in [4.78, 5) is 4.05. The molecule has 0 aliphatic heterocycles. The molecule has 1 unspecified atom stereocenters. The molecule has 3 heteroatoms. The van der Waals surface area contributed by atoms with Gasteiger partial charge in [-0.3, -0.25) is 0 Å². The summed E-state index contributed by atoms with van der Waals surface area (Å²) in [5.74, 6) is 0. The third kappa shape index (κ3) is 5.29. The van der Waals surface area contributed by atoms with Crippen molar-refractivity contribution in [2.24, 2.45) is 0 Å². The summed E-state index contributed by atoms with van der Waals surface area (Å²) in [5.41, 5.74) is 1.22. The maximum absolute atomic E-state index is 5.72. The molecule has 2 nitrogen and oxygen atoms in total. The minimum Gasteiger partial charge on any atom is -0.314 e. The second-order valence-electron chi connectivity index (χ2n) is 3.96. The summed E-state index contributed by atoms with van der Waals surface area (Å²) in [6.07, 6.45) is 6.99. The molecule has 1 heterocycles. The Bertz CT molecular complexity index is 308. The Hall–Kier alpha value is -0.860. The monoisotopic (exact) mass is 238 g/mol. The predicted octanol–water partition coefficient (Wildman–Crippen LogP) is 3.22. The summed E-state index contributed by atoms with van der Waals surface area (Å²) in [6.45, 7) is 6.89. The van der Waals surface area contributed by atoms with Crippen LogP contribution in [0.25, 0.3) is 0 Å². The quantitative estimate of drug-likeness (QED) is 0.583. The van der Waals surface area contributed by atoms with Crippen LogP contribution in [-0.4, -0.2) is 17.6 Å². The fourth-order valence-corrected chi connectivity index (χ4v) is 1.60. The first-order valence-electron chi connectivity index (χ1n) is 5.67. The van der Waals surface area contributed by atoms with E-state index in [4.69, 9.17) is 11.6 Å². The van der Waals surface area contributed by atoms with Crippen LogP contribution in [-0.2, 0) is 6.42 Å². The molecule has 0 fully saturated rings. The lowest BCUT2D eigenvalue weighted by atomic mass is 10.1. The van der Waals surface area contributed by atoms with E-state index in [1.807, 2.05) is 24.4 Å². The van der Waals surface area contributed by atoms with Crippen LogP contribution in [0.15, 0.2) is 31.0 Å². The predicted molar refractivity (Wildman–Crippen MR) is 69.8 cm³/mol. The van der Waals surface area contributed by atoms with Gasteiger partial charge in [0.2, 0.25) is 0 Å². The Morgan fingerprint density at radius 1 is 1.56 bits per heavy atom. The third-order valence-corrected chi connectivity index (χ3v) is 2.72.